The van der Waals surface area contributed by atoms with E-state index in [1.54, 1.807) is 0 Å². The highest BCUT2D eigenvalue weighted by Gasteiger charge is 2.27. The minimum absolute atomic E-state index is 0.0946. The van der Waals surface area contributed by atoms with Gasteiger partial charge in [-0.15, -0.1) is 0 Å². The van der Waals surface area contributed by atoms with E-state index in [4.69, 9.17) is 16.0 Å². The Morgan fingerprint density at radius 1 is 0.969 bits per heavy atom. The van der Waals surface area contributed by atoms with Gasteiger partial charge in [0.25, 0.3) is 5.91 Å². The molecular weight excluding hydrogens is 475 g/mol. The number of carbonyl (C=O) groups excluding carboxylic acids is 1. The molecule has 0 spiro atoms. The Balaban J connectivity index is 1.68. The van der Waals surface area contributed by atoms with Crippen LogP contribution in [0.4, 0.5) is 36.4 Å². The van der Waals surface area contributed by atoms with E-state index in [0.29, 0.717) is 0 Å². The van der Waals surface area contributed by atoms with E-state index in [0.717, 1.165) is 24.3 Å². The lowest BCUT2D eigenvalue weighted by molar-refractivity contribution is -0.0497. The number of hydrogen-bond acceptors (Lipinski definition) is 4. The lowest BCUT2D eigenvalue weighted by atomic mass is 10.2. The molecule has 1 heterocycles. The number of halogens is 8. The molecule has 0 unspecified atom stereocenters. The summed E-state index contributed by atoms with van der Waals surface area (Å²) in [6.45, 7) is -3.86. The van der Waals surface area contributed by atoms with Gasteiger partial charge in [0, 0.05) is 5.69 Å². The van der Waals surface area contributed by atoms with Crippen molar-refractivity contribution in [1.29, 1.82) is 0 Å². The molecule has 0 saturated carbocycles. The molecule has 1 aromatic heterocycles. The Kier molecular flexibility index (Phi) is 6.82. The molecule has 3 rings (SSSR count). The summed E-state index contributed by atoms with van der Waals surface area (Å²) in [5.74, 6) is -14.2. The summed E-state index contributed by atoms with van der Waals surface area (Å²) < 4.78 is 105. The maximum atomic E-state index is 13.6. The molecule has 0 radical (unpaired) electrons. The molecule has 0 saturated heterocycles. The average Bonchev–Trinajstić information content (AvgIpc) is 3.22. The summed E-state index contributed by atoms with van der Waals surface area (Å²) in [6.07, 6.45) is 0. The van der Waals surface area contributed by atoms with Gasteiger partial charge in [-0.1, -0.05) is 11.6 Å². The number of hydrogen-bond donors (Lipinski definition) is 1. The molecule has 170 valence electrons. The molecule has 0 bridgehead atoms. The number of anilines is 1. The van der Waals surface area contributed by atoms with Crippen molar-refractivity contribution >= 4 is 23.2 Å². The normalized spacial score (nSPS) is 11.0. The van der Waals surface area contributed by atoms with Crippen LogP contribution < -0.4 is 14.8 Å². The summed E-state index contributed by atoms with van der Waals surface area (Å²) in [7, 11) is 0. The van der Waals surface area contributed by atoms with Crippen molar-refractivity contribution in [3.63, 3.8) is 0 Å². The molecule has 1 amide bonds. The van der Waals surface area contributed by atoms with Gasteiger partial charge in [0.2, 0.25) is 29.1 Å². The topological polar surface area (TPSA) is 60.7 Å². The zero-order valence-corrected chi connectivity index (χ0v) is 16.1. The number of benzene rings is 2. The first-order valence-electron chi connectivity index (χ1n) is 8.37. The molecule has 0 aliphatic carbocycles. The molecule has 0 aliphatic rings. The molecule has 5 nitrogen and oxygen atoms in total. The van der Waals surface area contributed by atoms with Crippen LogP contribution in [0.25, 0.3) is 0 Å². The molecule has 0 fully saturated rings. The largest absolute Gasteiger partial charge is 0.479 e. The minimum Gasteiger partial charge on any atom is -0.479 e. The van der Waals surface area contributed by atoms with Crippen molar-refractivity contribution in [2.24, 2.45) is 0 Å². The second kappa shape index (κ2) is 9.39. The van der Waals surface area contributed by atoms with Crippen molar-refractivity contribution in [2.45, 2.75) is 13.2 Å². The maximum absolute atomic E-state index is 13.6. The Hall–Kier alpha value is -3.41. The van der Waals surface area contributed by atoms with Crippen molar-refractivity contribution in [2.75, 3.05) is 5.32 Å². The highest BCUT2D eigenvalue weighted by molar-refractivity contribution is 6.32. The number of carbonyl (C=O) groups is 1. The van der Waals surface area contributed by atoms with Crippen LogP contribution in [0.1, 0.15) is 16.3 Å². The summed E-state index contributed by atoms with van der Waals surface area (Å²) in [6, 6.07) is 5.75. The van der Waals surface area contributed by atoms with Crippen molar-refractivity contribution in [3.05, 3.63) is 76.0 Å². The monoisotopic (exact) mass is 483 g/mol. The Morgan fingerprint density at radius 2 is 1.59 bits per heavy atom. The van der Waals surface area contributed by atoms with Gasteiger partial charge < -0.3 is 19.2 Å². The number of amides is 1. The first-order chi connectivity index (χ1) is 15.1. The van der Waals surface area contributed by atoms with Gasteiger partial charge in [-0.05, 0) is 30.3 Å². The van der Waals surface area contributed by atoms with Crippen LogP contribution in [0, 0.1) is 29.1 Å². The molecule has 32 heavy (non-hydrogen) atoms. The van der Waals surface area contributed by atoms with E-state index in [1.165, 1.54) is 6.07 Å². The first-order valence-corrected chi connectivity index (χ1v) is 8.75. The van der Waals surface area contributed by atoms with Crippen LogP contribution in [0.15, 0.2) is 34.7 Å². The van der Waals surface area contributed by atoms with Crippen LogP contribution in [0.5, 0.6) is 11.5 Å². The van der Waals surface area contributed by atoms with Gasteiger partial charge in [0.05, 0.1) is 5.02 Å². The van der Waals surface area contributed by atoms with Gasteiger partial charge >= 0.3 is 6.61 Å². The highest BCUT2D eigenvalue weighted by Crippen LogP contribution is 2.31. The van der Waals surface area contributed by atoms with Crippen molar-refractivity contribution < 1.29 is 49.4 Å². The van der Waals surface area contributed by atoms with E-state index in [-0.39, 0.29) is 28.0 Å². The van der Waals surface area contributed by atoms with E-state index in [9.17, 15) is 35.5 Å². The smallest absolute Gasteiger partial charge is 0.387 e. The van der Waals surface area contributed by atoms with Gasteiger partial charge in [-0.3, -0.25) is 4.79 Å². The molecule has 0 aliphatic heterocycles. The number of ether oxygens (including phenoxy) is 2. The quantitative estimate of drug-likeness (QED) is 0.252. The summed E-state index contributed by atoms with van der Waals surface area (Å²) in [5.41, 5.74) is 0.0946. The SMILES string of the molecule is O=C(Nc1ccc(OC(F)F)c(Cl)c1)c1ccc(COc2c(F)c(F)c(F)c(F)c2F)o1. The molecule has 13 heteroatoms. The number of rotatable bonds is 7. The lowest BCUT2D eigenvalue weighted by Gasteiger charge is -2.09. The molecule has 0 atom stereocenters. The Morgan fingerprint density at radius 3 is 2.19 bits per heavy atom. The predicted octanol–water partition coefficient (Wildman–Crippen LogP) is 6.06. The van der Waals surface area contributed by atoms with E-state index < -0.39 is 54.0 Å². The first kappa shape index (κ1) is 23.3. The van der Waals surface area contributed by atoms with Crippen molar-refractivity contribution in [1.82, 2.24) is 0 Å². The molecule has 1 N–H and O–H groups in total. The third kappa shape index (κ3) is 4.90. The van der Waals surface area contributed by atoms with Gasteiger partial charge in [-0.25, -0.2) is 13.2 Å². The van der Waals surface area contributed by atoms with E-state index in [1.807, 2.05) is 0 Å². The second-order valence-corrected chi connectivity index (χ2v) is 6.34. The molecule has 3 aromatic rings. The van der Waals surface area contributed by atoms with Crippen LogP contribution >= 0.6 is 11.6 Å². The fourth-order valence-electron chi connectivity index (χ4n) is 2.40. The van der Waals surface area contributed by atoms with Crippen LogP contribution in [-0.2, 0) is 6.61 Å². The van der Waals surface area contributed by atoms with Crippen LogP contribution in [0.3, 0.4) is 0 Å². The van der Waals surface area contributed by atoms with Crippen LogP contribution in [0.2, 0.25) is 5.02 Å². The minimum atomic E-state index is -3.10. The van der Waals surface area contributed by atoms with Crippen molar-refractivity contribution in [3.8, 4) is 11.5 Å². The highest BCUT2D eigenvalue weighted by atomic mass is 35.5. The fourth-order valence-corrected chi connectivity index (χ4v) is 2.62. The maximum Gasteiger partial charge on any atom is 0.387 e. The predicted molar refractivity (Wildman–Crippen MR) is 95.3 cm³/mol. The van der Waals surface area contributed by atoms with E-state index in [2.05, 4.69) is 14.8 Å². The van der Waals surface area contributed by atoms with Gasteiger partial charge in [-0.2, -0.15) is 17.6 Å². The number of nitrogens with one attached hydrogen (secondary N) is 1. The zero-order chi connectivity index (χ0) is 23.6. The summed E-state index contributed by atoms with van der Waals surface area (Å²) >= 11 is 5.78. The third-order valence-corrected chi connectivity index (χ3v) is 4.11. The van der Waals surface area contributed by atoms with Gasteiger partial charge in [0.1, 0.15) is 18.1 Å². The number of furan rings is 1. The molecular formula is C19H9ClF7NO4. The standard InChI is InChI=1S/C19H9ClF7NO4/c20-9-5-7(1-3-10(9)32-19(26)27)28-18(29)11-4-2-8(31-11)6-30-17-15(24)13(22)12(21)14(23)16(17)25/h1-5,19H,6H2,(H,28,29). The second-order valence-electron chi connectivity index (χ2n) is 5.93. The zero-order valence-electron chi connectivity index (χ0n) is 15.3. The summed E-state index contributed by atoms with van der Waals surface area (Å²) in [4.78, 5) is 12.2. The Bertz CT molecular complexity index is 1140. The third-order valence-electron chi connectivity index (χ3n) is 3.82. The lowest BCUT2D eigenvalue weighted by Crippen LogP contribution is -2.11. The molecule has 2 aromatic carbocycles. The summed E-state index contributed by atoms with van der Waals surface area (Å²) in [5, 5.41) is 2.14. The van der Waals surface area contributed by atoms with E-state index >= 15 is 0 Å². The Labute approximate surface area is 179 Å². The van der Waals surface area contributed by atoms with Crippen LogP contribution in [-0.4, -0.2) is 12.5 Å². The average molecular weight is 484 g/mol. The van der Waals surface area contributed by atoms with Gasteiger partial charge in [0.15, 0.2) is 11.5 Å². The number of alkyl halides is 2. The fraction of sp³-hybridized carbons (Fsp3) is 0.105.